The number of aromatic nitrogens is 3. The Labute approximate surface area is 198 Å². The summed E-state index contributed by atoms with van der Waals surface area (Å²) in [5.41, 5.74) is -0.596. The first kappa shape index (κ1) is 25.1. The molecule has 0 fully saturated rings. The van der Waals surface area contributed by atoms with Crippen molar-refractivity contribution in [1.29, 1.82) is 0 Å². The highest BCUT2D eigenvalue weighted by molar-refractivity contribution is 7.84. The average molecular weight is 489 g/mol. The monoisotopic (exact) mass is 488 g/mol. The maximum atomic E-state index is 11.8. The van der Waals surface area contributed by atoms with Gasteiger partial charge in [-0.2, -0.15) is 0 Å². The zero-order chi connectivity index (χ0) is 24.6. The molecule has 0 saturated heterocycles. The van der Waals surface area contributed by atoms with E-state index in [-0.39, 0.29) is 5.95 Å². The molecule has 3 rings (SSSR count). The van der Waals surface area contributed by atoms with Crippen LogP contribution in [0.4, 0.5) is 5.95 Å². The Balaban J connectivity index is 2.23. The third-order valence-corrected chi connectivity index (χ3v) is 6.76. The normalized spacial score (nSPS) is 14.1. The van der Waals surface area contributed by atoms with E-state index in [1.165, 1.54) is 32.6 Å². The van der Waals surface area contributed by atoms with Crippen LogP contribution in [-0.4, -0.2) is 57.8 Å². The molecular formula is C23H28N4O4S2. The average Bonchev–Trinajstić information content (AvgIpc) is 2.72. The molecule has 2 atom stereocenters. The molecule has 2 unspecified atom stereocenters. The molecular weight excluding hydrogens is 460 g/mol. The van der Waals surface area contributed by atoms with Gasteiger partial charge in [0, 0.05) is 55.0 Å². The molecule has 0 spiro atoms. The Hall–Kier alpha value is -2.53. The Bertz CT molecular complexity index is 1170. The quantitative estimate of drug-likeness (QED) is 0.488. The van der Waals surface area contributed by atoms with Gasteiger partial charge in [-0.05, 0) is 52.0 Å². The zero-order valence-corrected chi connectivity index (χ0v) is 21.1. The van der Waals surface area contributed by atoms with Crippen LogP contribution in [0, 0.1) is 0 Å². The minimum absolute atomic E-state index is 0.0446. The van der Waals surface area contributed by atoms with Crippen LogP contribution in [0.3, 0.4) is 0 Å². The van der Waals surface area contributed by atoms with Crippen molar-refractivity contribution in [3.8, 4) is 22.5 Å². The third kappa shape index (κ3) is 5.70. The first-order chi connectivity index (χ1) is 15.3. The van der Waals surface area contributed by atoms with Gasteiger partial charge in [-0.1, -0.05) is 24.3 Å². The lowest BCUT2D eigenvalue weighted by molar-refractivity contribution is -0.0221. The summed E-state index contributed by atoms with van der Waals surface area (Å²) >= 11 is 0. The molecule has 0 aliphatic heterocycles. The molecule has 176 valence electrons. The van der Waals surface area contributed by atoms with Crippen molar-refractivity contribution in [1.82, 2.24) is 15.2 Å². The number of benzene rings is 2. The smallest absolute Gasteiger partial charge is 0.250 e. The highest BCUT2D eigenvalue weighted by Crippen LogP contribution is 2.33. The second-order valence-electron chi connectivity index (χ2n) is 8.59. The Morgan fingerprint density at radius 3 is 1.45 bits per heavy atom. The van der Waals surface area contributed by atoms with Crippen LogP contribution in [0.1, 0.15) is 27.7 Å². The number of rotatable bonds is 7. The molecule has 1 heterocycles. The van der Waals surface area contributed by atoms with E-state index >= 15 is 0 Å². The molecule has 0 saturated carbocycles. The molecule has 0 amide bonds. The van der Waals surface area contributed by atoms with E-state index in [1.54, 1.807) is 61.0 Å². The molecule has 10 heteroatoms. The van der Waals surface area contributed by atoms with Gasteiger partial charge in [0.05, 0.1) is 0 Å². The summed E-state index contributed by atoms with van der Waals surface area (Å²) in [5.74, 6) is 0.0446. The maximum absolute atomic E-state index is 11.8. The molecule has 0 radical (unpaired) electrons. The van der Waals surface area contributed by atoms with Gasteiger partial charge in [-0.15, -0.1) is 10.2 Å². The van der Waals surface area contributed by atoms with Gasteiger partial charge >= 0.3 is 0 Å². The van der Waals surface area contributed by atoms with Crippen molar-refractivity contribution in [2.24, 2.45) is 0 Å². The Kier molecular flexibility index (Phi) is 7.13. The van der Waals surface area contributed by atoms with Gasteiger partial charge in [0.15, 0.2) is 0 Å². The predicted molar refractivity (Wildman–Crippen MR) is 130 cm³/mol. The summed E-state index contributed by atoms with van der Waals surface area (Å²) in [7, 11) is -2.24. The standard InChI is InChI=1S/C23H28N4O4S2/c1-22(2,28)27(23(3,4)29)21-24-19(15-7-11-17(12-8-15)32(5)30)20(25-26-21)16-9-13-18(14-10-16)33(6)31/h7-14,28-29H,1-6H3. The van der Waals surface area contributed by atoms with E-state index in [1.807, 2.05) is 0 Å². The van der Waals surface area contributed by atoms with E-state index in [4.69, 9.17) is 0 Å². The van der Waals surface area contributed by atoms with Crippen LogP contribution >= 0.6 is 0 Å². The van der Waals surface area contributed by atoms with E-state index in [0.29, 0.717) is 32.3 Å². The van der Waals surface area contributed by atoms with Crippen LogP contribution in [0.2, 0.25) is 0 Å². The van der Waals surface area contributed by atoms with Gasteiger partial charge in [0.2, 0.25) is 5.95 Å². The van der Waals surface area contributed by atoms with Gasteiger partial charge in [0.25, 0.3) is 0 Å². The molecule has 0 bridgehead atoms. The lowest BCUT2D eigenvalue weighted by atomic mass is 10.0. The fraction of sp³-hybridized carbons (Fsp3) is 0.348. The van der Waals surface area contributed by atoms with Crippen LogP contribution < -0.4 is 4.90 Å². The SMILES string of the molecule is CS(=O)c1ccc(-c2nnc(N(C(C)(C)O)C(C)(C)O)nc2-c2ccc(S(C)=O)cc2)cc1. The van der Waals surface area contributed by atoms with Crippen molar-refractivity contribution >= 4 is 27.5 Å². The number of hydrogen-bond acceptors (Lipinski definition) is 8. The number of aliphatic hydroxyl groups is 2. The lowest BCUT2D eigenvalue weighted by Crippen LogP contribution is -2.56. The number of nitrogens with zero attached hydrogens (tertiary/aromatic N) is 4. The van der Waals surface area contributed by atoms with E-state index in [2.05, 4.69) is 15.2 Å². The van der Waals surface area contributed by atoms with Gasteiger partial charge in [-0.25, -0.2) is 4.98 Å². The van der Waals surface area contributed by atoms with E-state index in [9.17, 15) is 18.6 Å². The third-order valence-electron chi connectivity index (χ3n) is 4.89. The highest BCUT2D eigenvalue weighted by atomic mass is 32.2. The molecule has 0 aliphatic carbocycles. The topological polar surface area (TPSA) is 117 Å². The molecule has 2 N–H and O–H groups in total. The molecule has 8 nitrogen and oxygen atoms in total. The van der Waals surface area contributed by atoms with Gasteiger partial charge in [0.1, 0.15) is 22.8 Å². The van der Waals surface area contributed by atoms with Crippen molar-refractivity contribution in [2.75, 3.05) is 17.4 Å². The largest absolute Gasteiger partial charge is 0.371 e. The first-order valence-electron chi connectivity index (χ1n) is 10.2. The number of anilines is 1. The first-order valence-corrected chi connectivity index (χ1v) is 13.3. The van der Waals surface area contributed by atoms with Crippen LogP contribution in [0.5, 0.6) is 0 Å². The van der Waals surface area contributed by atoms with Crippen LogP contribution in [-0.2, 0) is 21.6 Å². The zero-order valence-electron chi connectivity index (χ0n) is 19.4. The fourth-order valence-corrected chi connectivity index (χ4v) is 4.61. The summed E-state index contributed by atoms with van der Waals surface area (Å²) in [4.78, 5) is 7.31. The lowest BCUT2D eigenvalue weighted by Gasteiger charge is -2.42. The Morgan fingerprint density at radius 1 is 0.697 bits per heavy atom. The van der Waals surface area contributed by atoms with Crippen molar-refractivity contribution < 1.29 is 18.6 Å². The minimum atomic E-state index is -1.48. The molecule has 2 aromatic carbocycles. The van der Waals surface area contributed by atoms with E-state index in [0.717, 1.165) is 0 Å². The molecule has 0 aliphatic rings. The fourth-order valence-electron chi connectivity index (χ4n) is 3.58. The van der Waals surface area contributed by atoms with Crippen molar-refractivity contribution in [3.63, 3.8) is 0 Å². The Morgan fingerprint density at radius 2 is 1.09 bits per heavy atom. The molecule has 1 aromatic heterocycles. The van der Waals surface area contributed by atoms with Crippen LogP contribution in [0.15, 0.2) is 58.3 Å². The van der Waals surface area contributed by atoms with Crippen molar-refractivity contribution in [3.05, 3.63) is 48.5 Å². The summed E-state index contributed by atoms with van der Waals surface area (Å²) in [6.45, 7) is 6.10. The second-order valence-corrected chi connectivity index (χ2v) is 11.3. The summed E-state index contributed by atoms with van der Waals surface area (Å²) in [5, 5.41) is 30.0. The maximum Gasteiger partial charge on any atom is 0.250 e. The van der Waals surface area contributed by atoms with Crippen LogP contribution in [0.25, 0.3) is 22.5 Å². The second kappa shape index (κ2) is 9.38. The minimum Gasteiger partial charge on any atom is -0.371 e. The van der Waals surface area contributed by atoms with Crippen molar-refractivity contribution in [2.45, 2.75) is 48.9 Å². The summed E-state index contributed by atoms with van der Waals surface area (Å²) in [6.07, 6.45) is 3.21. The van der Waals surface area contributed by atoms with E-state index < -0.39 is 33.0 Å². The summed E-state index contributed by atoms with van der Waals surface area (Å²) in [6, 6.07) is 14.2. The highest BCUT2D eigenvalue weighted by Gasteiger charge is 2.38. The molecule has 33 heavy (non-hydrogen) atoms. The molecule has 3 aromatic rings. The summed E-state index contributed by atoms with van der Waals surface area (Å²) < 4.78 is 23.6. The van der Waals surface area contributed by atoms with Gasteiger partial charge < -0.3 is 10.2 Å². The predicted octanol–water partition coefficient (Wildman–Crippen LogP) is 2.94. The number of hydrogen-bond donors (Lipinski definition) is 2. The van der Waals surface area contributed by atoms with Gasteiger partial charge in [-0.3, -0.25) is 13.3 Å².